The first-order chi connectivity index (χ1) is 22.7. The lowest BCUT2D eigenvalue weighted by Crippen LogP contribution is -2.46. The topological polar surface area (TPSA) is 109 Å². The predicted octanol–water partition coefficient (Wildman–Crippen LogP) is 3.95. The summed E-state index contributed by atoms with van der Waals surface area (Å²) in [6.45, 7) is 12.0. The van der Waals surface area contributed by atoms with Crippen LogP contribution >= 0.6 is 0 Å². The fourth-order valence-electron chi connectivity index (χ4n) is 6.41. The number of fused-ring (bicyclic) bond motifs is 1. The van der Waals surface area contributed by atoms with Crippen molar-refractivity contribution in [1.29, 1.82) is 0 Å². The fraction of sp³-hybridized carbons (Fsp3) is 0.444. The van der Waals surface area contributed by atoms with Gasteiger partial charge in [0.2, 0.25) is 0 Å². The van der Waals surface area contributed by atoms with Gasteiger partial charge in [-0.2, -0.15) is 10.2 Å². The third-order valence-corrected chi connectivity index (χ3v) is 11.3. The van der Waals surface area contributed by atoms with Crippen LogP contribution in [-0.2, 0) is 20.0 Å². The molecule has 3 heterocycles. The highest BCUT2D eigenvalue weighted by molar-refractivity contribution is 6.57. The van der Waals surface area contributed by atoms with Gasteiger partial charge in [0.25, 0.3) is 11.8 Å². The third-order valence-electron chi connectivity index (χ3n) is 9.37. The first-order valence-electron chi connectivity index (χ1n) is 16.9. The van der Waals surface area contributed by atoms with Crippen molar-refractivity contribution in [2.45, 2.75) is 79.3 Å². The molecular formula is C36H49N7O3Si. The summed E-state index contributed by atoms with van der Waals surface area (Å²) in [5.41, 5.74) is 7.47. The van der Waals surface area contributed by atoms with E-state index in [0.717, 1.165) is 59.6 Å². The van der Waals surface area contributed by atoms with Crippen molar-refractivity contribution in [3.63, 3.8) is 0 Å². The number of aliphatic hydroxyl groups is 1. The summed E-state index contributed by atoms with van der Waals surface area (Å²) in [6, 6.07) is 15.4. The molecule has 2 aromatic heterocycles. The van der Waals surface area contributed by atoms with Gasteiger partial charge < -0.3 is 19.9 Å². The molecule has 2 aromatic carbocycles. The Labute approximate surface area is 280 Å². The Morgan fingerprint density at radius 2 is 1.70 bits per heavy atom. The highest BCUT2D eigenvalue weighted by Gasteiger charge is 2.32. The van der Waals surface area contributed by atoms with Gasteiger partial charge in [-0.3, -0.25) is 14.3 Å². The lowest BCUT2D eigenvalue weighted by Gasteiger charge is -2.36. The average Bonchev–Trinajstić information content (AvgIpc) is 3.58. The molecule has 0 spiro atoms. The Kier molecular flexibility index (Phi) is 11.0. The molecule has 5 rings (SSSR count). The molecule has 0 bridgehead atoms. The molecule has 0 aliphatic carbocycles. The maximum Gasteiger partial charge on any atom is 0.274 e. The maximum absolute atomic E-state index is 14.6. The first kappa shape index (κ1) is 34.1. The highest BCUT2D eigenvalue weighted by Crippen LogP contribution is 2.29. The Morgan fingerprint density at radius 1 is 1.00 bits per heavy atom. The van der Waals surface area contributed by atoms with E-state index < -0.39 is 9.68 Å². The molecular weight excluding hydrogens is 607 g/mol. The van der Waals surface area contributed by atoms with Crippen molar-refractivity contribution in [2.75, 3.05) is 24.7 Å². The zero-order valence-corrected chi connectivity index (χ0v) is 30.1. The second-order valence-electron chi connectivity index (χ2n) is 12.7. The number of unbranched alkanes of at least 4 members (excludes halogenated alkanes) is 2. The van der Waals surface area contributed by atoms with Gasteiger partial charge in [-0.1, -0.05) is 51.0 Å². The predicted molar refractivity (Wildman–Crippen MR) is 189 cm³/mol. The number of nitrogens with one attached hydrogen (secondary N) is 1. The standard InChI is InChI=1S/C36H49N7O3Si/c1-7-9-17-41(18-10-8-2)36(46)32-19-24(3)43(38-32)33-16-15-29(39-47-34-25(4)37-40(6)26(34)5)21-31(33)35(45)42-22-28-14-12-11-13-27(28)20-30(42)23-44/h11-16,19,21,30,39,44H,7-10,17-18,20,22-23,47H2,1-6H3. The van der Waals surface area contributed by atoms with E-state index in [1.165, 1.54) is 5.19 Å². The lowest BCUT2D eigenvalue weighted by atomic mass is 9.93. The zero-order valence-electron chi connectivity index (χ0n) is 28.7. The van der Waals surface area contributed by atoms with Gasteiger partial charge in [0.1, 0.15) is 0 Å². The van der Waals surface area contributed by atoms with Crippen LogP contribution in [0.15, 0.2) is 48.5 Å². The molecule has 2 N–H and O–H groups in total. The van der Waals surface area contributed by atoms with Crippen LogP contribution in [0.4, 0.5) is 5.69 Å². The van der Waals surface area contributed by atoms with Gasteiger partial charge >= 0.3 is 0 Å². The molecule has 1 unspecified atom stereocenters. The molecule has 1 atom stereocenters. The number of aliphatic hydroxyl groups excluding tert-OH is 1. The van der Waals surface area contributed by atoms with Crippen LogP contribution in [0, 0.1) is 20.8 Å². The molecule has 0 radical (unpaired) electrons. The Balaban J connectivity index is 1.53. The number of rotatable bonds is 13. The van der Waals surface area contributed by atoms with Gasteiger partial charge in [-0.15, -0.1) is 0 Å². The molecule has 250 valence electrons. The normalized spacial score (nSPS) is 14.5. The van der Waals surface area contributed by atoms with Crippen LogP contribution in [0.5, 0.6) is 0 Å². The number of amides is 2. The third kappa shape index (κ3) is 7.36. The van der Waals surface area contributed by atoms with Crippen molar-refractivity contribution in [1.82, 2.24) is 29.4 Å². The van der Waals surface area contributed by atoms with Gasteiger partial charge in [-0.25, -0.2) is 4.68 Å². The van der Waals surface area contributed by atoms with Crippen molar-refractivity contribution in [2.24, 2.45) is 7.05 Å². The van der Waals surface area contributed by atoms with Gasteiger partial charge in [0.05, 0.1) is 29.6 Å². The van der Waals surface area contributed by atoms with Crippen molar-refractivity contribution >= 4 is 32.4 Å². The quantitative estimate of drug-likeness (QED) is 0.211. The van der Waals surface area contributed by atoms with Crippen molar-refractivity contribution in [3.05, 3.63) is 88.0 Å². The SMILES string of the molecule is CCCCN(CCCC)C(=O)c1cc(C)n(-c2ccc(N[SiH2]c3c(C)nn(C)c3C)cc2C(=O)N2Cc3ccccc3CC2CO)n1. The second-order valence-corrected chi connectivity index (χ2v) is 14.1. The van der Waals surface area contributed by atoms with Crippen LogP contribution in [0.3, 0.4) is 0 Å². The van der Waals surface area contributed by atoms with E-state index in [9.17, 15) is 14.7 Å². The molecule has 0 saturated heterocycles. The van der Waals surface area contributed by atoms with Crippen LogP contribution in [0.1, 0.15) is 88.6 Å². The number of hydrogen-bond acceptors (Lipinski definition) is 6. The minimum absolute atomic E-state index is 0.0823. The van der Waals surface area contributed by atoms with Crippen LogP contribution in [-0.4, -0.2) is 81.7 Å². The molecule has 1 aliphatic rings. The summed E-state index contributed by atoms with van der Waals surface area (Å²) < 4.78 is 3.63. The van der Waals surface area contributed by atoms with E-state index in [4.69, 9.17) is 5.10 Å². The Bertz CT molecular complexity index is 1720. The minimum atomic E-state index is -0.948. The summed E-state index contributed by atoms with van der Waals surface area (Å²) >= 11 is 0. The van der Waals surface area contributed by atoms with E-state index in [1.807, 2.05) is 72.9 Å². The van der Waals surface area contributed by atoms with Gasteiger partial charge in [0.15, 0.2) is 15.4 Å². The summed E-state index contributed by atoms with van der Waals surface area (Å²) in [5, 5.41) is 21.0. The van der Waals surface area contributed by atoms with E-state index in [0.29, 0.717) is 43.0 Å². The van der Waals surface area contributed by atoms with E-state index in [-0.39, 0.29) is 24.5 Å². The summed E-state index contributed by atoms with van der Waals surface area (Å²) in [4.78, 5) is 35.6. The van der Waals surface area contributed by atoms with Crippen LogP contribution in [0.2, 0.25) is 0 Å². The molecule has 10 nitrogen and oxygen atoms in total. The zero-order chi connectivity index (χ0) is 33.7. The van der Waals surface area contributed by atoms with Gasteiger partial charge in [-0.05, 0) is 80.6 Å². The highest BCUT2D eigenvalue weighted by atomic mass is 28.2. The maximum atomic E-state index is 14.6. The monoisotopic (exact) mass is 655 g/mol. The smallest absolute Gasteiger partial charge is 0.274 e. The van der Waals surface area contributed by atoms with Crippen molar-refractivity contribution in [3.8, 4) is 5.69 Å². The molecule has 2 amide bonds. The first-order valence-corrected chi connectivity index (χ1v) is 18.3. The van der Waals surface area contributed by atoms with E-state index in [2.05, 4.69) is 36.9 Å². The molecule has 0 saturated carbocycles. The van der Waals surface area contributed by atoms with Crippen LogP contribution in [0.25, 0.3) is 5.69 Å². The number of hydrogen-bond donors (Lipinski definition) is 2. The number of carbonyl (C=O) groups excluding carboxylic acids is 2. The number of aryl methyl sites for hydroxylation is 3. The molecule has 11 heteroatoms. The van der Waals surface area contributed by atoms with E-state index >= 15 is 0 Å². The number of aromatic nitrogens is 4. The fourth-order valence-corrected chi connectivity index (χ4v) is 7.82. The molecule has 47 heavy (non-hydrogen) atoms. The Hall–Kier alpha value is -4.22. The van der Waals surface area contributed by atoms with Crippen molar-refractivity contribution < 1.29 is 14.7 Å². The second kappa shape index (κ2) is 15.1. The summed E-state index contributed by atoms with van der Waals surface area (Å²) in [7, 11) is 1.01. The van der Waals surface area contributed by atoms with E-state index in [1.54, 1.807) is 9.58 Å². The number of benzene rings is 2. The minimum Gasteiger partial charge on any atom is -0.411 e. The number of anilines is 1. The summed E-state index contributed by atoms with van der Waals surface area (Å²) in [5.74, 6) is -0.260. The number of carbonyl (C=O) groups is 2. The number of nitrogens with zero attached hydrogens (tertiary/aromatic N) is 6. The molecule has 1 aliphatic heterocycles. The largest absolute Gasteiger partial charge is 0.411 e. The van der Waals surface area contributed by atoms with Gasteiger partial charge in [0, 0.05) is 43.8 Å². The molecule has 0 fully saturated rings. The Morgan fingerprint density at radius 3 is 2.34 bits per heavy atom. The molecule has 4 aromatic rings. The average molecular weight is 656 g/mol. The summed E-state index contributed by atoms with van der Waals surface area (Å²) in [6.07, 6.45) is 4.48. The van der Waals surface area contributed by atoms with Crippen LogP contribution < -0.4 is 10.2 Å². The lowest BCUT2D eigenvalue weighted by molar-refractivity contribution is 0.0544.